The van der Waals surface area contributed by atoms with Crippen LogP contribution in [0.3, 0.4) is 0 Å². The summed E-state index contributed by atoms with van der Waals surface area (Å²) in [7, 11) is 0. The van der Waals surface area contributed by atoms with Gasteiger partial charge < -0.3 is 4.74 Å². The van der Waals surface area contributed by atoms with Crippen LogP contribution in [0.5, 0.6) is 5.75 Å². The Hall–Kier alpha value is -1.76. The Morgan fingerprint density at radius 1 is 1.06 bits per heavy atom. The largest absolute Gasteiger partial charge is 0.489 e. The molecule has 3 rings (SSSR count). The molecule has 0 amide bonds. The predicted molar refractivity (Wildman–Crippen MR) is 77.4 cm³/mol. The zero-order valence-electron chi connectivity index (χ0n) is 11.2. The van der Waals surface area contributed by atoms with Crippen molar-refractivity contribution >= 4 is 23.9 Å². The van der Waals surface area contributed by atoms with E-state index in [1.807, 2.05) is 12.1 Å². The number of benzene rings is 2. The lowest BCUT2D eigenvalue weighted by Gasteiger charge is -2.22. The van der Waals surface area contributed by atoms with Crippen LogP contribution in [0.15, 0.2) is 24.3 Å². The van der Waals surface area contributed by atoms with Gasteiger partial charge in [0.1, 0.15) is 11.9 Å². The van der Waals surface area contributed by atoms with Crippen molar-refractivity contribution in [3.05, 3.63) is 40.3 Å². The van der Waals surface area contributed by atoms with E-state index in [4.69, 9.17) is 4.74 Å². The van der Waals surface area contributed by atoms with Crippen molar-refractivity contribution in [1.82, 2.24) is 0 Å². The molecule has 1 unspecified atom stereocenters. The average Bonchev–Trinajstić information content (AvgIpc) is 2.58. The topological polar surface area (TPSA) is 9.23 Å². The molecule has 1 nitrogen and oxygen atoms in total. The molecule has 0 aliphatic carbocycles. The van der Waals surface area contributed by atoms with Gasteiger partial charge in [-0.25, -0.2) is 0 Å². The van der Waals surface area contributed by atoms with Crippen molar-refractivity contribution in [2.45, 2.75) is 32.3 Å². The molecule has 92 valence electrons. The van der Waals surface area contributed by atoms with Crippen molar-refractivity contribution in [2.24, 2.45) is 0 Å². The summed E-state index contributed by atoms with van der Waals surface area (Å²) in [5.74, 6) is 1.00. The second kappa shape index (κ2) is 3.38. The molecule has 1 heteroatoms. The normalized spacial score (nSPS) is 20.7. The molecule has 0 saturated carbocycles. The summed E-state index contributed by atoms with van der Waals surface area (Å²) in [5.41, 5.74) is 1.21. The molecule has 0 radical (unpaired) electrons. The zero-order valence-corrected chi connectivity index (χ0v) is 11.2. The first-order valence-corrected chi connectivity index (χ1v) is 6.34. The van der Waals surface area contributed by atoms with Crippen LogP contribution in [-0.2, 0) is 5.41 Å². The maximum absolute atomic E-state index is 6.10. The van der Waals surface area contributed by atoms with Gasteiger partial charge in [-0.05, 0) is 22.7 Å². The van der Waals surface area contributed by atoms with Crippen LogP contribution in [0, 0.1) is 0 Å². The number of hydrogen-bond donors (Lipinski definition) is 0. The van der Waals surface area contributed by atoms with E-state index in [1.165, 1.54) is 5.56 Å². The smallest absolute Gasteiger partial charge is 0.132 e. The average molecular weight is 238 g/mol. The predicted octanol–water partition coefficient (Wildman–Crippen LogP) is 2.72. The highest BCUT2D eigenvalue weighted by molar-refractivity contribution is 5.91. The van der Waals surface area contributed by atoms with Crippen LogP contribution in [0.2, 0.25) is 0 Å². The SMILES string of the molecule is C=c1c2c(c3ccccc3c1=C)OC(C)C2(C)C. The summed E-state index contributed by atoms with van der Waals surface area (Å²) in [5, 5.41) is 4.35. The quantitative estimate of drug-likeness (QED) is 0.685. The molecular formula is C17H18O. The first kappa shape index (κ1) is 11.3. The molecule has 1 atom stereocenters. The Bertz CT molecular complexity index is 740. The summed E-state index contributed by atoms with van der Waals surface area (Å²) in [6.07, 6.45) is 0.165. The standard InChI is InChI=1S/C17H18O/c1-10-11(2)15-16(18-12(3)17(15,4)5)14-9-7-6-8-13(10)14/h6-9,12H,1-2H2,3-5H3. The maximum atomic E-state index is 6.10. The molecule has 0 saturated heterocycles. The molecule has 18 heavy (non-hydrogen) atoms. The summed E-state index contributed by atoms with van der Waals surface area (Å²) in [6.45, 7) is 15.0. The second-order valence-corrected chi connectivity index (χ2v) is 5.69. The Balaban J connectivity index is 2.57. The minimum atomic E-state index is -0.0110. The van der Waals surface area contributed by atoms with Crippen LogP contribution in [0.1, 0.15) is 26.3 Å². The molecule has 0 fully saturated rings. The fourth-order valence-corrected chi connectivity index (χ4v) is 2.86. The van der Waals surface area contributed by atoms with E-state index in [1.54, 1.807) is 0 Å². The summed E-state index contributed by atoms with van der Waals surface area (Å²) < 4.78 is 6.10. The Labute approximate surface area is 107 Å². The lowest BCUT2D eigenvalue weighted by molar-refractivity contribution is 0.187. The van der Waals surface area contributed by atoms with Crippen LogP contribution in [-0.4, -0.2) is 6.10 Å². The van der Waals surface area contributed by atoms with E-state index < -0.39 is 0 Å². The van der Waals surface area contributed by atoms with Crippen LogP contribution < -0.4 is 15.2 Å². The number of ether oxygens (including phenoxy) is 1. The lowest BCUT2D eigenvalue weighted by Crippen LogP contribution is -2.36. The van der Waals surface area contributed by atoms with E-state index in [9.17, 15) is 0 Å². The van der Waals surface area contributed by atoms with E-state index in [0.717, 1.165) is 27.0 Å². The highest BCUT2D eigenvalue weighted by atomic mass is 16.5. The lowest BCUT2D eigenvalue weighted by atomic mass is 9.80. The minimum Gasteiger partial charge on any atom is -0.489 e. The van der Waals surface area contributed by atoms with Crippen molar-refractivity contribution in [3.63, 3.8) is 0 Å². The van der Waals surface area contributed by atoms with Crippen molar-refractivity contribution in [1.29, 1.82) is 0 Å². The summed E-state index contributed by atoms with van der Waals surface area (Å²) in [6, 6.07) is 8.28. The molecule has 2 aromatic rings. The van der Waals surface area contributed by atoms with E-state index >= 15 is 0 Å². The van der Waals surface area contributed by atoms with Gasteiger partial charge in [-0.3, -0.25) is 0 Å². The third kappa shape index (κ3) is 1.22. The van der Waals surface area contributed by atoms with Gasteiger partial charge in [-0.1, -0.05) is 51.3 Å². The maximum Gasteiger partial charge on any atom is 0.132 e. The first-order valence-electron chi connectivity index (χ1n) is 6.34. The number of rotatable bonds is 0. The number of fused-ring (bicyclic) bond motifs is 3. The van der Waals surface area contributed by atoms with E-state index in [2.05, 4.69) is 46.1 Å². The van der Waals surface area contributed by atoms with Gasteiger partial charge in [0.05, 0.1) is 0 Å². The Kier molecular flexibility index (Phi) is 2.13. The Morgan fingerprint density at radius 2 is 1.67 bits per heavy atom. The van der Waals surface area contributed by atoms with Crippen molar-refractivity contribution < 1.29 is 4.74 Å². The second-order valence-electron chi connectivity index (χ2n) is 5.69. The molecule has 0 aromatic heterocycles. The van der Waals surface area contributed by atoms with E-state index in [-0.39, 0.29) is 11.5 Å². The van der Waals surface area contributed by atoms with Gasteiger partial charge in [0.15, 0.2) is 0 Å². The summed E-state index contributed by atoms with van der Waals surface area (Å²) in [4.78, 5) is 0. The highest BCUT2D eigenvalue weighted by Crippen LogP contribution is 2.43. The number of hydrogen-bond acceptors (Lipinski definition) is 1. The zero-order chi connectivity index (χ0) is 13.1. The van der Waals surface area contributed by atoms with Crippen molar-refractivity contribution in [3.8, 4) is 5.75 Å². The van der Waals surface area contributed by atoms with Crippen LogP contribution >= 0.6 is 0 Å². The molecule has 2 aromatic carbocycles. The monoisotopic (exact) mass is 238 g/mol. The molecule has 1 aliphatic heterocycles. The molecule has 0 bridgehead atoms. The van der Waals surface area contributed by atoms with Crippen LogP contribution in [0.4, 0.5) is 0 Å². The first-order chi connectivity index (χ1) is 8.44. The fourth-order valence-electron chi connectivity index (χ4n) is 2.86. The van der Waals surface area contributed by atoms with Gasteiger partial charge in [0, 0.05) is 16.4 Å². The third-order valence-corrected chi connectivity index (χ3v) is 4.35. The van der Waals surface area contributed by atoms with Crippen molar-refractivity contribution in [2.75, 3.05) is 0 Å². The van der Waals surface area contributed by atoms with Gasteiger partial charge in [-0.2, -0.15) is 0 Å². The molecule has 0 N–H and O–H groups in total. The van der Waals surface area contributed by atoms with Gasteiger partial charge >= 0.3 is 0 Å². The summed E-state index contributed by atoms with van der Waals surface area (Å²) >= 11 is 0. The van der Waals surface area contributed by atoms with E-state index in [0.29, 0.717) is 0 Å². The third-order valence-electron chi connectivity index (χ3n) is 4.35. The molecular weight excluding hydrogens is 220 g/mol. The van der Waals surface area contributed by atoms with Gasteiger partial charge in [-0.15, -0.1) is 0 Å². The molecule has 1 heterocycles. The highest BCUT2D eigenvalue weighted by Gasteiger charge is 2.40. The van der Waals surface area contributed by atoms with Gasteiger partial charge in [0.2, 0.25) is 0 Å². The van der Waals surface area contributed by atoms with Gasteiger partial charge in [0.25, 0.3) is 0 Å². The molecule has 1 aliphatic rings. The van der Waals surface area contributed by atoms with Crippen LogP contribution in [0.25, 0.3) is 23.9 Å². The fraction of sp³-hybridized carbons (Fsp3) is 0.294. The minimum absolute atomic E-state index is 0.0110. The molecule has 0 spiro atoms. The Morgan fingerprint density at radius 3 is 2.33 bits per heavy atom.